The van der Waals surface area contributed by atoms with Gasteiger partial charge in [-0.15, -0.1) is 12.4 Å². The number of carbonyl (C=O) groups is 2. The lowest BCUT2D eigenvalue weighted by Crippen LogP contribution is -2.46. The maximum atomic E-state index is 13.3. The molecule has 3 heterocycles. The predicted molar refractivity (Wildman–Crippen MR) is 164 cm³/mol. The fourth-order valence-corrected chi connectivity index (χ4v) is 5.17. The van der Waals surface area contributed by atoms with Crippen LogP contribution in [0.25, 0.3) is 11.1 Å². The third-order valence-electron chi connectivity index (χ3n) is 7.36. The summed E-state index contributed by atoms with van der Waals surface area (Å²) >= 11 is 0. The molecular formula is C32H32ClN5O3. The van der Waals surface area contributed by atoms with Gasteiger partial charge in [0.15, 0.2) is 6.10 Å². The molecule has 8 nitrogen and oxygen atoms in total. The zero-order chi connectivity index (χ0) is 27.5. The molecule has 1 unspecified atom stereocenters. The molecule has 2 N–H and O–H groups in total. The molecule has 0 saturated carbocycles. The summed E-state index contributed by atoms with van der Waals surface area (Å²) in [6.07, 6.45) is 1.28. The summed E-state index contributed by atoms with van der Waals surface area (Å²) in [5.41, 5.74) is 5.05. The summed E-state index contributed by atoms with van der Waals surface area (Å²) in [5.74, 6) is 1.17. The number of benzene rings is 3. The number of anilines is 3. The molecule has 0 aliphatic carbocycles. The first-order valence-corrected chi connectivity index (χ1v) is 13.5. The van der Waals surface area contributed by atoms with Crippen molar-refractivity contribution < 1.29 is 14.3 Å². The first-order chi connectivity index (χ1) is 19.5. The van der Waals surface area contributed by atoms with E-state index in [1.54, 1.807) is 25.1 Å². The van der Waals surface area contributed by atoms with Crippen LogP contribution in [0.15, 0.2) is 91.1 Å². The van der Waals surface area contributed by atoms with Crippen molar-refractivity contribution in [3.05, 3.63) is 102 Å². The molecular weight excluding hydrogens is 538 g/mol. The Morgan fingerprint density at radius 1 is 0.976 bits per heavy atom. The number of piperazine rings is 1. The predicted octanol–water partition coefficient (Wildman–Crippen LogP) is 5.46. The Morgan fingerprint density at radius 2 is 1.76 bits per heavy atom. The first kappa shape index (κ1) is 28.1. The van der Waals surface area contributed by atoms with Crippen LogP contribution in [0, 0.1) is 0 Å². The van der Waals surface area contributed by atoms with E-state index < -0.39 is 6.10 Å². The molecule has 0 spiro atoms. The lowest BCUT2D eigenvalue weighted by atomic mass is 9.96. The van der Waals surface area contributed by atoms with Gasteiger partial charge in [-0.3, -0.25) is 14.5 Å². The molecule has 1 aromatic heterocycles. The number of aromatic nitrogens is 1. The fraction of sp³-hybridized carbons (Fsp3) is 0.219. The Balaban J connectivity index is 0.00000337. The van der Waals surface area contributed by atoms with Gasteiger partial charge in [-0.2, -0.15) is 0 Å². The Kier molecular flexibility index (Phi) is 8.52. The first-order valence-electron chi connectivity index (χ1n) is 13.5. The quantitative estimate of drug-likeness (QED) is 0.320. The molecule has 41 heavy (non-hydrogen) atoms. The summed E-state index contributed by atoms with van der Waals surface area (Å²) in [6, 6.07) is 27.4. The number of nitrogens with one attached hydrogen (secondary N) is 2. The number of hydrogen-bond acceptors (Lipinski definition) is 6. The van der Waals surface area contributed by atoms with Gasteiger partial charge in [0, 0.05) is 50.2 Å². The molecule has 9 heteroatoms. The van der Waals surface area contributed by atoms with Crippen LogP contribution in [0.1, 0.15) is 22.8 Å². The van der Waals surface area contributed by atoms with Gasteiger partial charge in [-0.25, -0.2) is 4.98 Å². The van der Waals surface area contributed by atoms with Crippen molar-refractivity contribution in [2.24, 2.45) is 0 Å². The molecule has 2 aliphatic heterocycles. The number of fused-ring (bicyclic) bond motifs is 1. The Bertz CT molecular complexity index is 1530. The summed E-state index contributed by atoms with van der Waals surface area (Å²) in [5, 5.41) is 5.80. The van der Waals surface area contributed by atoms with Crippen LogP contribution in [0.3, 0.4) is 0 Å². The van der Waals surface area contributed by atoms with Crippen molar-refractivity contribution in [3.8, 4) is 16.9 Å². The SMILES string of the molecule is CC1Oc2ccc(NC(=O)c3ccc(-c4ccccc4)c(CN4CCN(c5ccccn5)CC4)c3)cc2NC1=O.Cl. The van der Waals surface area contributed by atoms with Gasteiger partial charge < -0.3 is 20.3 Å². The van der Waals surface area contributed by atoms with E-state index in [1.807, 2.05) is 54.7 Å². The van der Waals surface area contributed by atoms with E-state index in [2.05, 4.69) is 43.6 Å². The third kappa shape index (κ3) is 6.34. The number of amides is 2. The normalized spacial score (nSPS) is 16.6. The third-order valence-corrected chi connectivity index (χ3v) is 7.36. The van der Waals surface area contributed by atoms with Gasteiger partial charge in [0.2, 0.25) is 0 Å². The highest BCUT2D eigenvalue weighted by Crippen LogP contribution is 2.33. The molecule has 6 rings (SSSR count). The van der Waals surface area contributed by atoms with E-state index >= 15 is 0 Å². The van der Waals surface area contributed by atoms with E-state index in [4.69, 9.17) is 4.74 Å². The monoisotopic (exact) mass is 569 g/mol. The van der Waals surface area contributed by atoms with E-state index in [9.17, 15) is 9.59 Å². The minimum atomic E-state index is -0.549. The molecule has 2 amide bonds. The van der Waals surface area contributed by atoms with Crippen molar-refractivity contribution in [1.82, 2.24) is 9.88 Å². The number of rotatable bonds is 6. The summed E-state index contributed by atoms with van der Waals surface area (Å²) in [6.45, 7) is 6.04. The number of ether oxygens (including phenoxy) is 1. The molecule has 1 saturated heterocycles. The van der Waals surface area contributed by atoms with Crippen LogP contribution in [0.4, 0.5) is 17.2 Å². The van der Waals surface area contributed by atoms with Gasteiger partial charge in [-0.05, 0) is 66.1 Å². The summed E-state index contributed by atoms with van der Waals surface area (Å²) in [7, 11) is 0. The zero-order valence-corrected chi connectivity index (χ0v) is 23.6. The van der Waals surface area contributed by atoms with E-state index in [-0.39, 0.29) is 24.2 Å². The van der Waals surface area contributed by atoms with E-state index in [0.717, 1.165) is 55.2 Å². The highest BCUT2D eigenvalue weighted by Gasteiger charge is 2.24. The van der Waals surface area contributed by atoms with Gasteiger partial charge in [0.05, 0.1) is 5.69 Å². The average Bonchev–Trinajstić information content (AvgIpc) is 2.99. The smallest absolute Gasteiger partial charge is 0.265 e. The fourth-order valence-electron chi connectivity index (χ4n) is 5.17. The lowest BCUT2D eigenvalue weighted by Gasteiger charge is -2.35. The largest absolute Gasteiger partial charge is 0.479 e. The Hall–Kier alpha value is -4.40. The standard InChI is InChI=1S/C32H31N5O3.ClH/c1-22-31(38)35-28-20-26(11-13-29(28)40-22)34-32(39)24-10-12-27(23-7-3-2-4-8-23)25(19-24)21-36-15-17-37(18-16-36)30-9-5-6-14-33-30;/h2-14,19-20,22H,15-18,21H2,1H3,(H,34,39)(H,35,38);1H. The highest BCUT2D eigenvalue weighted by molar-refractivity contribution is 6.05. The van der Waals surface area contributed by atoms with Crippen LogP contribution in [0.2, 0.25) is 0 Å². The lowest BCUT2D eigenvalue weighted by molar-refractivity contribution is -0.122. The summed E-state index contributed by atoms with van der Waals surface area (Å²) in [4.78, 5) is 34.6. The van der Waals surface area contributed by atoms with Crippen LogP contribution in [0.5, 0.6) is 5.75 Å². The summed E-state index contributed by atoms with van der Waals surface area (Å²) < 4.78 is 5.63. The molecule has 0 radical (unpaired) electrons. The molecule has 4 aromatic rings. The average molecular weight is 570 g/mol. The Morgan fingerprint density at radius 3 is 2.51 bits per heavy atom. The maximum absolute atomic E-state index is 13.3. The number of carbonyl (C=O) groups excluding carboxylic acids is 2. The zero-order valence-electron chi connectivity index (χ0n) is 22.7. The van der Waals surface area contributed by atoms with Crippen molar-refractivity contribution in [1.29, 1.82) is 0 Å². The topological polar surface area (TPSA) is 86.8 Å². The second-order valence-corrected chi connectivity index (χ2v) is 10.1. The van der Waals surface area contributed by atoms with Crippen LogP contribution < -0.4 is 20.3 Å². The molecule has 210 valence electrons. The molecule has 2 aliphatic rings. The van der Waals surface area contributed by atoms with Crippen molar-refractivity contribution in [2.45, 2.75) is 19.6 Å². The minimum Gasteiger partial charge on any atom is -0.479 e. The van der Waals surface area contributed by atoms with E-state index in [0.29, 0.717) is 22.7 Å². The highest BCUT2D eigenvalue weighted by atomic mass is 35.5. The second kappa shape index (κ2) is 12.4. The molecule has 3 aromatic carbocycles. The number of pyridine rings is 1. The van der Waals surface area contributed by atoms with Crippen molar-refractivity contribution in [2.75, 3.05) is 41.7 Å². The van der Waals surface area contributed by atoms with Gasteiger partial charge in [0.1, 0.15) is 11.6 Å². The number of halogens is 1. The maximum Gasteiger partial charge on any atom is 0.265 e. The van der Waals surface area contributed by atoms with Crippen LogP contribution in [-0.4, -0.2) is 54.0 Å². The number of nitrogens with zero attached hydrogens (tertiary/aromatic N) is 3. The van der Waals surface area contributed by atoms with Gasteiger partial charge in [-0.1, -0.05) is 42.5 Å². The van der Waals surface area contributed by atoms with Crippen molar-refractivity contribution in [3.63, 3.8) is 0 Å². The van der Waals surface area contributed by atoms with Gasteiger partial charge in [0.25, 0.3) is 11.8 Å². The van der Waals surface area contributed by atoms with Gasteiger partial charge >= 0.3 is 0 Å². The van der Waals surface area contributed by atoms with E-state index in [1.165, 1.54) is 0 Å². The minimum absolute atomic E-state index is 0. The Labute approximate surface area is 245 Å². The molecule has 1 fully saturated rings. The second-order valence-electron chi connectivity index (χ2n) is 10.1. The van der Waals surface area contributed by atoms with Crippen molar-refractivity contribution >= 4 is 41.4 Å². The van der Waals surface area contributed by atoms with Crippen LogP contribution >= 0.6 is 12.4 Å². The molecule has 1 atom stereocenters. The number of hydrogen-bond donors (Lipinski definition) is 2. The van der Waals surface area contributed by atoms with Crippen LogP contribution in [-0.2, 0) is 11.3 Å². The molecule has 0 bridgehead atoms.